The highest BCUT2D eigenvalue weighted by molar-refractivity contribution is 14.0. The fraction of sp³-hybridized carbons (Fsp3) is 0.333. The number of hydrogen-bond donors (Lipinski definition) is 1. The summed E-state index contributed by atoms with van der Waals surface area (Å²) in [6, 6.07) is 22.0. The lowest BCUT2D eigenvalue weighted by Gasteiger charge is -2.22. The van der Waals surface area contributed by atoms with Gasteiger partial charge in [0.25, 0.3) is 5.56 Å². The number of benzene rings is 2. The Kier molecular flexibility index (Phi) is 9.56. The Bertz CT molecular complexity index is 1130. The number of nitrogens with one attached hydrogen (secondary N) is 1. The van der Waals surface area contributed by atoms with Crippen LogP contribution in [0.25, 0.3) is 0 Å². The molecule has 0 amide bonds. The van der Waals surface area contributed by atoms with E-state index in [-0.39, 0.29) is 29.5 Å². The predicted molar refractivity (Wildman–Crippen MR) is 148 cm³/mol. The topological polar surface area (TPSA) is 58.9 Å². The molecule has 1 unspecified atom stereocenters. The minimum atomic E-state index is 0. The molecule has 180 valence electrons. The molecule has 3 aromatic rings. The molecule has 1 atom stereocenters. The molecule has 1 aliphatic rings. The monoisotopic (exact) mass is 572 g/mol. The van der Waals surface area contributed by atoms with Gasteiger partial charge in [0, 0.05) is 37.8 Å². The van der Waals surface area contributed by atoms with Crippen molar-refractivity contribution in [2.45, 2.75) is 32.4 Å². The Labute approximate surface area is 218 Å². The molecular weight excluding hydrogens is 539 g/mol. The standard InChI is InChI=1S/C27H32N4O2.HI/c1-3-28-27(31-17-15-24(20-31)23-11-13-25(33-2)14-12-23)29-18-21-7-9-22(10-8-21)19-30-16-5-4-6-26(30)32;/h4-14,16,24H,3,15,17-20H2,1-2H3,(H,28,29);1H. The van der Waals surface area contributed by atoms with Gasteiger partial charge in [-0.2, -0.15) is 0 Å². The highest BCUT2D eigenvalue weighted by atomic mass is 127. The van der Waals surface area contributed by atoms with Gasteiger partial charge in [-0.1, -0.05) is 42.5 Å². The van der Waals surface area contributed by atoms with E-state index >= 15 is 0 Å². The van der Waals surface area contributed by atoms with Gasteiger partial charge in [0.1, 0.15) is 5.75 Å². The molecule has 0 aliphatic carbocycles. The first-order valence-corrected chi connectivity index (χ1v) is 11.6. The smallest absolute Gasteiger partial charge is 0.250 e. The van der Waals surface area contributed by atoms with Crippen molar-refractivity contribution >= 4 is 29.9 Å². The van der Waals surface area contributed by atoms with E-state index < -0.39 is 0 Å². The number of rotatable bonds is 7. The number of ether oxygens (including phenoxy) is 1. The first-order valence-electron chi connectivity index (χ1n) is 11.6. The Hall–Kier alpha value is -2.81. The van der Waals surface area contributed by atoms with Crippen molar-refractivity contribution < 1.29 is 4.74 Å². The molecule has 2 aromatic carbocycles. The number of guanidine groups is 1. The van der Waals surface area contributed by atoms with Crippen molar-refractivity contribution in [3.63, 3.8) is 0 Å². The van der Waals surface area contributed by atoms with Crippen LogP contribution in [0.1, 0.15) is 36.0 Å². The van der Waals surface area contributed by atoms with Crippen molar-refractivity contribution in [2.24, 2.45) is 4.99 Å². The van der Waals surface area contributed by atoms with Crippen molar-refractivity contribution in [3.05, 3.63) is 100.0 Å². The van der Waals surface area contributed by atoms with Crippen LogP contribution in [0, 0.1) is 0 Å². The average Bonchev–Trinajstić information content (AvgIpc) is 3.34. The lowest BCUT2D eigenvalue weighted by atomic mass is 9.98. The van der Waals surface area contributed by atoms with E-state index in [1.165, 1.54) is 5.56 Å². The predicted octanol–water partition coefficient (Wildman–Crippen LogP) is 4.48. The summed E-state index contributed by atoms with van der Waals surface area (Å²) in [5.74, 6) is 2.36. The minimum absolute atomic E-state index is 0. The van der Waals surface area contributed by atoms with Crippen LogP contribution in [-0.4, -0.2) is 42.2 Å². The first-order chi connectivity index (χ1) is 16.2. The van der Waals surface area contributed by atoms with E-state index in [0.717, 1.165) is 48.9 Å². The molecule has 1 aliphatic heterocycles. The second-order valence-corrected chi connectivity index (χ2v) is 8.36. The summed E-state index contributed by atoms with van der Waals surface area (Å²) in [6.45, 7) is 6.10. The maximum absolute atomic E-state index is 11.9. The van der Waals surface area contributed by atoms with E-state index in [2.05, 4.69) is 53.5 Å². The van der Waals surface area contributed by atoms with E-state index in [1.54, 1.807) is 23.8 Å². The summed E-state index contributed by atoms with van der Waals surface area (Å²) < 4.78 is 7.00. The Morgan fingerprint density at radius 2 is 1.79 bits per heavy atom. The molecule has 0 saturated carbocycles. The summed E-state index contributed by atoms with van der Waals surface area (Å²) >= 11 is 0. The second kappa shape index (κ2) is 12.6. The van der Waals surface area contributed by atoms with E-state index in [1.807, 2.05) is 24.4 Å². The zero-order chi connectivity index (χ0) is 23.0. The number of nitrogens with zero attached hydrogens (tertiary/aromatic N) is 3. The average molecular weight is 572 g/mol. The van der Waals surface area contributed by atoms with Gasteiger partial charge < -0.3 is 19.5 Å². The van der Waals surface area contributed by atoms with E-state index in [0.29, 0.717) is 19.0 Å². The number of halogens is 1. The molecule has 1 saturated heterocycles. The number of methoxy groups -OCH3 is 1. The third-order valence-electron chi connectivity index (χ3n) is 6.10. The molecule has 2 heterocycles. The number of aliphatic imine (C=N–C) groups is 1. The Balaban J connectivity index is 0.00000324. The minimum Gasteiger partial charge on any atom is -0.497 e. The quantitative estimate of drug-likeness (QED) is 0.258. The van der Waals surface area contributed by atoms with Crippen molar-refractivity contribution in [3.8, 4) is 5.75 Å². The highest BCUT2D eigenvalue weighted by Crippen LogP contribution is 2.28. The molecular formula is C27H33IN4O2. The van der Waals surface area contributed by atoms with Gasteiger partial charge in [0.05, 0.1) is 20.2 Å². The summed E-state index contributed by atoms with van der Waals surface area (Å²) in [7, 11) is 1.70. The maximum atomic E-state index is 11.9. The lowest BCUT2D eigenvalue weighted by molar-refractivity contribution is 0.414. The fourth-order valence-electron chi connectivity index (χ4n) is 4.23. The Morgan fingerprint density at radius 1 is 1.06 bits per heavy atom. The number of pyridine rings is 1. The van der Waals surface area contributed by atoms with Gasteiger partial charge in [-0.3, -0.25) is 4.79 Å². The zero-order valence-electron chi connectivity index (χ0n) is 19.8. The summed E-state index contributed by atoms with van der Waals surface area (Å²) in [5.41, 5.74) is 3.62. The van der Waals surface area contributed by atoms with Gasteiger partial charge in [0.15, 0.2) is 5.96 Å². The van der Waals surface area contributed by atoms with E-state index in [9.17, 15) is 4.79 Å². The molecule has 7 heteroatoms. The van der Waals surface area contributed by atoms with Gasteiger partial charge in [-0.25, -0.2) is 4.99 Å². The molecule has 6 nitrogen and oxygen atoms in total. The second-order valence-electron chi connectivity index (χ2n) is 8.36. The number of aromatic nitrogens is 1. The van der Waals surface area contributed by atoms with Crippen LogP contribution in [0.4, 0.5) is 0 Å². The van der Waals surface area contributed by atoms with Crippen LogP contribution in [0.5, 0.6) is 5.75 Å². The van der Waals surface area contributed by atoms with Crippen LogP contribution in [0.2, 0.25) is 0 Å². The normalized spacial score (nSPS) is 15.6. The van der Waals surface area contributed by atoms with Crippen molar-refractivity contribution in [1.29, 1.82) is 0 Å². The van der Waals surface area contributed by atoms with Gasteiger partial charge in [-0.05, 0) is 48.2 Å². The van der Waals surface area contributed by atoms with Crippen LogP contribution in [-0.2, 0) is 13.1 Å². The van der Waals surface area contributed by atoms with Crippen molar-refractivity contribution in [1.82, 2.24) is 14.8 Å². The largest absolute Gasteiger partial charge is 0.497 e. The highest BCUT2D eigenvalue weighted by Gasteiger charge is 2.26. The van der Waals surface area contributed by atoms with Gasteiger partial charge >= 0.3 is 0 Å². The molecule has 4 rings (SSSR count). The van der Waals surface area contributed by atoms with Crippen LogP contribution in [0.3, 0.4) is 0 Å². The lowest BCUT2D eigenvalue weighted by Crippen LogP contribution is -2.40. The first kappa shape index (κ1) is 25.8. The van der Waals surface area contributed by atoms with Crippen LogP contribution >= 0.6 is 24.0 Å². The third-order valence-corrected chi connectivity index (χ3v) is 6.10. The van der Waals surface area contributed by atoms with Gasteiger partial charge in [-0.15, -0.1) is 24.0 Å². The molecule has 34 heavy (non-hydrogen) atoms. The van der Waals surface area contributed by atoms with Gasteiger partial charge in [0.2, 0.25) is 0 Å². The van der Waals surface area contributed by atoms with E-state index in [4.69, 9.17) is 9.73 Å². The fourth-order valence-corrected chi connectivity index (χ4v) is 4.23. The molecule has 0 bridgehead atoms. The maximum Gasteiger partial charge on any atom is 0.250 e. The Morgan fingerprint density at radius 3 is 2.47 bits per heavy atom. The molecule has 1 aromatic heterocycles. The molecule has 0 radical (unpaired) electrons. The SMILES string of the molecule is CCNC(=NCc1ccc(Cn2ccccc2=O)cc1)N1CCC(c2ccc(OC)cc2)C1.I. The van der Waals surface area contributed by atoms with Crippen molar-refractivity contribution in [2.75, 3.05) is 26.7 Å². The molecule has 0 spiro atoms. The number of hydrogen-bond acceptors (Lipinski definition) is 3. The third kappa shape index (κ3) is 6.62. The number of likely N-dealkylation sites (tertiary alicyclic amines) is 1. The summed E-state index contributed by atoms with van der Waals surface area (Å²) in [4.78, 5) is 19.2. The molecule has 1 fully saturated rings. The summed E-state index contributed by atoms with van der Waals surface area (Å²) in [5, 5.41) is 3.45. The zero-order valence-corrected chi connectivity index (χ0v) is 22.1. The van der Waals surface area contributed by atoms with Crippen LogP contribution < -0.4 is 15.6 Å². The molecule has 1 N–H and O–H groups in total. The summed E-state index contributed by atoms with van der Waals surface area (Å²) in [6.07, 6.45) is 2.93. The van der Waals surface area contributed by atoms with Crippen LogP contribution in [0.15, 0.2) is 82.7 Å².